The fourth-order valence-electron chi connectivity index (χ4n) is 3.57. The molecule has 0 aliphatic carbocycles. The largest absolute Gasteiger partial charge is 0.493 e. The quantitative estimate of drug-likeness (QED) is 0.523. The molecule has 1 aliphatic rings. The topological polar surface area (TPSA) is 74.2 Å². The van der Waals surface area contributed by atoms with Crippen LogP contribution in [0.5, 0.6) is 11.5 Å². The molecule has 3 N–H and O–H groups in total. The zero-order valence-electron chi connectivity index (χ0n) is 18.5. The van der Waals surface area contributed by atoms with Gasteiger partial charge in [-0.1, -0.05) is 39.2 Å². The summed E-state index contributed by atoms with van der Waals surface area (Å²) < 4.78 is 11.3. The minimum Gasteiger partial charge on any atom is -0.493 e. The minimum atomic E-state index is -0.513. The smallest absolute Gasteiger partial charge is 0.161 e. The van der Waals surface area contributed by atoms with Crippen molar-refractivity contribution >= 4 is 0 Å². The summed E-state index contributed by atoms with van der Waals surface area (Å²) in [7, 11) is 1.63. The number of hydrogen-bond acceptors (Lipinski definition) is 6. The molecule has 0 bridgehead atoms. The van der Waals surface area contributed by atoms with Gasteiger partial charge in [-0.25, -0.2) is 0 Å². The van der Waals surface area contributed by atoms with Crippen LogP contribution < -0.4 is 14.8 Å². The number of rotatable bonds is 11. The van der Waals surface area contributed by atoms with Gasteiger partial charge in [-0.05, 0) is 43.6 Å². The third kappa shape index (κ3) is 8.91. The normalized spacial score (nSPS) is 17.4. The van der Waals surface area contributed by atoms with Crippen molar-refractivity contribution in [2.75, 3.05) is 46.5 Å². The number of methoxy groups -OCH3 is 1. The van der Waals surface area contributed by atoms with Crippen LogP contribution in [0, 0.1) is 5.41 Å². The number of β-amino-alcohol motifs (C(OH)–C–C–N with tert-alkyl or cyclic N) is 1. The maximum absolute atomic E-state index is 10.4. The van der Waals surface area contributed by atoms with E-state index in [1.165, 1.54) is 32.1 Å². The number of aliphatic hydroxyl groups excluding tert-OH is 2. The summed E-state index contributed by atoms with van der Waals surface area (Å²) in [5, 5.41) is 23.1. The van der Waals surface area contributed by atoms with Crippen molar-refractivity contribution in [2.45, 2.75) is 58.6 Å². The molecule has 1 aromatic carbocycles. The highest BCUT2D eigenvalue weighted by Crippen LogP contribution is 2.28. The molecule has 29 heavy (non-hydrogen) atoms. The van der Waals surface area contributed by atoms with E-state index in [9.17, 15) is 10.2 Å². The van der Waals surface area contributed by atoms with Crippen LogP contribution in [0.3, 0.4) is 0 Å². The number of nitrogens with one attached hydrogen (secondary N) is 1. The van der Waals surface area contributed by atoms with Gasteiger partial charge in [-0.15, -0.1) is 0 Å². The van der Waals surface area contributed by atoms with Gasteiger partial charge >= 0.3 is 0 Å². The molecule has 2 rings (SSSR count). The lowest BCUT2D eigenvalue weighted by atomic mass is 9.95. The fourth-order valence-corrected chi connectivity index (χ4v) is 3.57. The summed E-state index contributed by atoms with van der Waals surface area (Å²) in [5.41, 5.74) is 0.944. The monoisotopic (exact) mass is 408 g/mol. The molecular formula is C23H40N2O4. The van der Waals surface area contributed by atoms with Crippen molar-refractivity contribution in [1.29, 1.82) is 0 Å². The zero-order chi connectivity index (χ0) is 21.1. The summed E-state index contributed by atoms with van der Waals surface area (Å²) in [5.74, 6) is 1.32. The highest BCUT2D eigenvalue weighted by molar-refractivity contribution is 5.43. The number of hydrogen-bond donors (Lipinski definition) is 3. The Morgan fingerprint density at radius 1 is 1.10 bits per heavy atom. The van der Waals surface area contributed by atoms with Crippen LogP contribution in [0.4, 0.5) is 0 Å². The summed E-state index contributed by atoms with van der Waals surface area (Å²) in [6, 6.07) is 5.86. The Kier molecular flexibility index (Phi) is 10.2. The minimum absolute atomic E-state index is 0.143. The molecule has 166 valence electrons. The second kappa shape index (κ2) is 12.4. The van der Waals surface area contributed by atoms with Crippen molar-refractivity contribution in [3.05, 3.63) is 23.8 Å². The maximum atomic E-state index is 10.4. The summed E-state index contributed by atoms with van der Waals surface area (Å²) in [6.07, 6.45) is 5.84. The molecule has 0 aromatic heterocycles. The van der Waals surface area contributed by atoms with Crippen LogP contribution in [-0.2, 0) is 6.54 Å². The molecule has 0 spiro atoms. The summed E-state index contributed by atoms with van der Waals surface area (Å²) in [6.45, 7) is 8.66. The van der Waals surface area contributed by atoms with Crippen LogP contribution >= 0.6 is 0 Å². The molecule has 0 saturated carbocycles. The Hall–Kier alpha value is -1.34. The predicted octanol–water partition coefficient (Wildman–Crippen LogP) is 2.81. The van der Waals surface area contributed by atoms with Gasteiger partial charge in [0, 0.05) is 31.7 Å². The fraction of sp³-hybridized carbons (Fsp3) is 0.739. The Morgan fingerprint density at radius 2 is 1.79 bits per heavy atom. The van der Waals surface area contributed by atoms with Crippen LogP contribution in [0.15, 0.2) is 18.2 Å². The summed E-state index contributed by atoms with van der Waals surface area (Å²) in [4.78, 5) is 2.35. The first-order valence-electron chi connectivity index (χ1n) is 11.0. The number of ether oxygens (including phenoxy) is 2. The summed E-state index contributed by atoms with van der Waals surface area (Å²) >= 11 is 0. The molecule has 1 saturated heterocycles. The molecule has 1 fully saturated rings. The second-order valence-corrected chi connectivity index (χ2v) is 8.94. The SMILES string of the molecule is COc1cc(CNCC(C)(C)CO)ccc1OC[C@@H](O)CN1CCCCCCC1. The average Bonchev–Trinajstić information content (AvgIpc) is 2.68. The first-order valence-corrected chi connectivity index (χ1v) is 11.0. The Morgan fingerprint density at radius 3 is 2.45 bits per heavy atom. The first kappa shape index (κ1) is 23.9. The lowest BCUT2D eigenvalue weighted by Gasteiger charge is -2.26. The van der Waals surface area contributed by atoms with Crippen molar-refractivity contribution in [2.24, 2.45) is 5.41 Å². The van der Waals surface area contributed by atoms with E-state index in [1.54, 1.807) is 7.11 Å². The van der Waals surface area contributed by atoms with E-state index >= 15 is 0 Å². The van der Waals surface area contributed by atoms with Crippen molar-refractivity contribution < 1.29 is 19.7 Å². The molecule has 1 aromatic rings. The maximum Gasteiger partial charge on any atom is 0.161 e. The second-order valence-electron chi connectivity index (χ2n) is 8.94. The molecule has 1 heterocycles. The van der Waals surface area contributed by atoms with Gasteiger partial charge in [0.15, 0.2) is 11.5 Å². The van der Waals surface area contributed by atoms with Gasteiger partial charge < -0.3 is 29.9 Å². The predicted molar refractivity (Wildman–Crippen MR) is 117 cm³/mol. The molecule has 1 atom stereocenters. The molecule has 1 aliphatic heterocycles. The molecule has 6 nitrogen and oxygen atoms in total. The van der Waals surface area contributed by atoms with E-state index in [2.05, 4.69) is 10.2 Å². The van der Waals surface area contributed by atoms with Crippen molar-refractivity contribution in [1.82, 2.24) is 10.2 Å². The number of nitrogens with zero attached hydrogens (tertiary/aromatic N) is 1. The van der Waals surface area contributed by atoms with Gasteiger partial charge in [0.25, 0.3) is 0 Å². The van der Waals surface area contributed by atoms with Gasteiger partial charge in [-0.3, -0.25) is 0 Å². The molecular weight excluding hydrogens is 368 g/mol. The van der Waals surface area contributed by atoms with Crippen LogP contribution in [0.25, 0.3) is 0 Å². The molecule has 0 amide bonds. The zero-order valence-corrected chi connectivity index (χ0v) is 18.5. The standard InChI is InChI=1S/C23H40N2O4/c1-23(2,18-26)17-24-14-19-9-10-21(22(13-19)28-3)29-16-20(27)15-25-11-7-5-4-6-8-12-25/h9-10,13,20,24,26-27H,4-8,11-12,14-18H2,1-3H3/t20-/m0/s1. The van der Waals surface area contributed by atoms with E-state index in [0.29, 0.717) is 24.6 Å². The van der Waals surface area contributed by atoms with Gasteiger partial charge in [-0.2, -0.15) is 0 Å². The molecule has 0 unspecified atom stereocenters. The lowest BCUT2D eigenvalue weighted by molar-refractivity contribution is 0.0645. The van der Waals surface area contributed by atoms with Crippen LogP contribution in [-0.4, -0.2) is 67.7 Å². The number of likely N-dealkylation sites (tertiary alicyclic amines) is 1. The lowest BCUT2D eigenvalue weighted by Crippen LogP contribution is -2.37. The Bertz CT molecular complexity index is 586. The van der Waals surface area contributed by atoms with E-state index < -0.39 is 6.10 Å². The highest BCUT2D eigenvalue weighted by Gasteiger charge is 2.17. The van der Waals surface area contributed by atoms with E-state index in [0.717, 1.165) is 25.2 Å². The third-order valence-corrected chi connectivity index (χ3v) is 5.44. The Balaban J connectivity index is 1.81. The number of benzene rings is 1. The van der Waals surface area contributed by atoms with Crippen molar-refractivity contribution in [3.8, 4) is 11.5 Å². The first-order chi connectivity index (χ1) is 13.9. The third-order valence-electron chi connectivity index (χ3n) is 5.44. The van der Waals surface area contributed by atoms with Gasteiger partial charge in [0.05, 0.1) is 7.11 Å². The van der Waals surface area contributed by atoms with E-state index in [4.69, 9.17) is 9.47 Å². The van der Waals surface area contributed by atoms with E-state index in [1.807, 2.05) is 32.0 Å². The highest BCUT2D eigenvalue weighted by atomic mass is 16.5. The van der Waals surface area contributed by atoms with Crippen molar-refractivity contribution in [3.63, 3.8) is 0 Å². The molecule has 0 radical (unpaired) electrons. The van der Waals surface area contributed by atoms with Crippen LogP contribution in [0.1, 0.15) is 51.5 Å². The number of aliphatic hydroxyl groups is 2. The van der Waals surface area contributed by atoms with Gasteiger partial charge in [0.2, 0.25) is 0 Å². The van der Waals surface area contributed by atoms with Crippen LogP contribution in [0.2, 0.25) is 0 Å². The average molecular weight is 409 g/mol. The Labute approximate surface area is 176 Å². The van der Waals surface area contributed by atoms with E-state index in [-0.39, 0.29) is 18.6 Å². The molecule has 6 heteroatoms. The van der Waals surface area contributed by atoms with Gasteiger partial charge in [0.1, 0.15) is 12.7 Å².